The topological polar surface area (TPSA) is 68.7 Å². The maximum absolute atomic E-state index is 12.4. The molecule has 0 saturated carbocycles. The fraction of sp³-hybridized carbons (Fsp3) is 0.261. The van der Waals surface area contributed by atoms with Crippen molar-refractivity contribution in [2.75, 3.05) is 18.6 Å². The molecule has 1 aromatic heterocycles. The van der Waals surface area contributed by atoms with Gasteiger partial charge in [0.25, 0.3) is 0 Å². The predicted molar refractivity (Wildman–Crippen MR) is 116 cm³/mol. The summed E-state index contributed by atoms with van der Waals surface area (Å²) in [6, 6.07) is 14.7. The third-order valence-electron chi connectivity index (χ3n) is 4.98. The van der Waals surface area contributed by atoms with E-state index in [9.17, 15) is 9.59 Å². The molecule has 2 aromatic carbocycles. The van der Waals surface area contributed by atoms with Gasteiger partial charge in [-0.1, -0.05) is 12.1 Å². The van der Waals surface area contributed by atoms with E-state index in [0.717, 1.165) is 41.4 Å². The van der Waals surface area contributed by atoms with Gasteiger partial charge in [0.05, 0.1) is 23.9 Å². The van der Waals surface area contributed by atoms with Gasteiger partial charge in [0, 0.05) is 24.0 Å². The Morgan fingerprint density at radius 1 is 1.13 bits per heavy atom. The van der Waals surface area contributed by atoms with Gasteiger partial charge in [-0.05, 0) is 49.2 Å². The average molecular weight is 423 g/mol. The fourth-order valence-electron chi connectivity index (χ4n) is 3.40. The van der Waals surface area contributed by atoms with Gasteiger partial charge in [0.2, 0.25) is 5.91 Å². The predicted octanol–water partition coefficient (Wildman–Crippen LogP) is 4.69. The first kappa shape index (κ1) is 20.1. The second-order valence-corrected chi connectivity index (χ2v) is 7.83. The average Bonchev–Trinajstić information content (AvgIpc) is 3.27. The summed E-state index contributed by atoms with van der Waals surface area (Å²) in [4.78, 5) is 30.8. The molecule has 7 heteroatoms. The van der Waals surface area contributed by atoms with Crippen molar-refractivity contribution in [3.8, 4) is 16.3 Å². The van der Waals surface area contributed by atoms with Crippen LogP contribution in [0.25, 0.3) is 10.6 Å². The van der Waals surface area contributed by atoms with Gasteiger partial charge in [-0.2, -0.15) is 0 Å². The van der Waals surface area contributed by atoms with E-state index in [1.54, 1.807) is 36.3 Å². The summed E-state index contributed by atoms with van der Waals surface area (Å²) in [7, 11) is 1.63. The Labute approximate surface area is 179 Å². The maximum Gasteiger partial charge on any atom is 0.338 e. The minimum atomic E-state index is -0.418. The number of para-hydroxylation sites is 1. The number of amides is 1. The van der Waals surface area contributed by atoms with E-state index in [2.05, 4.69) is 4.98 Å². The van der Waals surface area contributed by atoms with Crippen LogP contribution in [0.2, 0.25) is 0 Å². The van der Waals surface area contributed by atoms with E-state index in [1.165, 1.54) is 11.3 Å². The molecular weight excluding hydrogens is 400 g/mol. The molecule has 1 aliphatic heterocycles. The van der Waals surface area contributed by atoms with Crippen LogP contribution in [0.3, 0.4) is 0 Å². The normalized spacial score (nSPS) is 13.9. The van der Waals surface area contributed by atoms with Crippen LogP contribution < -0.4 is 9.64 Å². The molecule has 1 saturated heterocycles. The first-order chi connectivity index (χ1) is 14.7. The summed E-state index contributed by atoms with van der Waals surface area (Å²) in [6.07, 6.45) is 2.52. The van der Waals surface area contributed by atoms with E-state index in [1.807, 2.05) is 29.6 Å². The molecule has 30 heavy (non-hydrogen) atoms. The maximum atomic E-state index is 12.4. The minimum Gasteiger partial charge on any atom is -0.496 e. The van der Waals surface area contributed by atoms with Crippen LogP contribution in [0.4, 0.5) is 5.69 Å². The molecule has 154 valence electrons. The third kappa shape index (κ3) is 4.36. The number of methoxy groups -OCH3 is 1. The Morgan fingerprint density at radius 2 is 1.93 bits per heavy atom. The lowest BCUT2D eigenvalue weighted by molar-refractivity contribution is -0.119. The van der Waals surface area contributed by atoms with Crippen LogP contribution >= 0.6 is 11.3 Å². The van der Waals surface area contributed by atoms with E-state index in [4.69, 9.17) is 9.47 Å². The summed E-state index contributed by atoms with van der Waals surface area (Å²) in [6.45, 7) is 0.817. The number of aromatic nitrogens is 1. The zero-order chi connectivity index (χ0) is 20.9. The Balaban J connectivity index is 1.38. The first-order valence-electron chi connectivity index (χ1n) is 9.81. The largest absolute Gasteiger partial charge is 0.496 e. The first-order valence-corrected chi connectivity index (χ1v) is 10.7. The molecule has 0 N–H and O–H groups in total. The van der Waals surface area contributed by atoms with Crippen LogP contribution in [0.5, 0.6) is 5.75 Å². The van der Waals surface area contributed by atoms with Gasteiger partial charge in [0.15, 0.2) is 0 Å². The lowest BCUT2D eigenvalue weighted by atomic mass is 10.1. The summed E-state index contributed by atoms with van der Waals surface area (Å²) >= 11 is 1.48. The SMILES string of the molecule is COc1ccccc1-c1nc(COC(=O)c2ccc(N3CCCCC3=O)cc2)cs1. The van der Waals surface area contributed by atoms with Crippen molar-refractivity contribution in [2.45, 2.75) is 25.9 Å². The highest BCUT2D eigenvalue weighted by molar-refractivity contribution is 7.13. The molecule has 0 unspecified atom stereocenters. The number of thiazole rings is 1. The van der Waals surface area contributed by atoms with Crippen molar-refractivity contribution < 1.29 is 19.1 Å². The highest BCUT2D eigenvalue weighted by Gasteiger charge is 2.20. The van der Waals surface area contributed by atoms with Crippen LogP contribution in [0.15, 0.2) is 53.9 Å². The van der Waals surface area contributed by atoms with E-state index in [-0.39, 0.29) is 12.5 Å². The molecule has 1 fully saturated rings. The number of piperidine rings is 1. The highest BCUT2D eigenvalue weighted by atomic mass is 32.1. The van der Waals surface area contributed by atoms with Gasteiger partial charge in [0.1, 0.15) is 17.4 Å². The summed E-state index contributed by atoms with van der Waals surface area (Å²) in [5, 5.41) is 2.69. The number of carbonyl (C=O) groups is 2. The van der Waals surface area contributed by atoms with Gasteiger partial charge in [-0.3, -0.25) is 4.79 Å². The number of carbonyl (C=O) groups excluding carboxylic acids is 2. The van der Waals surface area contributed by atoms with Gasteiger partial charge in [-0.15, -0.1) is 11.3 Å². The van der Waals surface area contributed by atoms with Crippen molar-refractivity contribution in [1.29, 1.82) is 0 Å². The van der Waals surface area contributed by atoms with Crippen molar-refractivity contribution in [3.63, 3.8) is 0 Å². The van der Waals surface area contributed by atoms with Crippen LogP contribution in [0, 0.1) is 0 Å². The molecule has 0 atom stereocenters. The van der Waals surface area contributed by atoms with Crippen molar-refractivity contribution in [3.05, 3.63) is 65.2 Å². The summed E-state index contributed by atoms with van der Waals surface area (Å²) in [5.74, 6) is 0.465. The van der Waals surface area contributed by atoms with E-state index >= 15 is 0 Å². The van der Waals surface area contributed by atoms with Crippen LogP contribution in [-0.2, 0) is 16.1 Å². The minimum absolute atomic E-state index is 0.0941. The van der Waals surface area contributed by atoms with Gasteiger partial charge < -0.3 is 14.4 Å². The highest BCUT2D eigenvalue weighted by Crippen LogP contribution is 2.32. The lowest BCUT2D eigenvalue weighted by Gasteiger charge is -2.26. The van der Waals surface area contributed by atoms with Crippen LogP contribution in [-0.4, -0.2) is 30.5 Å². The third-order valence-corrected chi connectivity index (χ3v) is 5.90. The number of esters is 1. The molecule has 0 bridgehead atoms. The fourth-order valence-corrected chi connectivity index (χ4v) is 4.23. The number of anilines is 1. The van der Waals surface area contributed by atoms with E-state index in [0.29, 0.717) is 17.7 Å². The molecule has 2 heterocycles. The lowest BCUT2D eigenvalue weighted by Crippen LogP contribution is -2.35. The Bertz CT molecular complexity index is 1050. The molecule has 4 rings (SSSR count). The molecule has 3 aromatic rings. The van der Waals surface area contributed by atoms with Crippen LogP contribution in [0.1, 0.15) is 35.3 Å². The molecule has 0 spiro atoms. The van der Waals surface area contributed by atoms with Crippen molar-refractivity contribution in [2.24, 2.45) is 0 Å². The molecule has 0 aliphatic carbocycles. The smallest absolute Gasteiger partial charge is 0.338 e. The zero-order valence-electron chi connectivity index (χ0n) is 16.7. The Hall–Kier alpha value is -3.19. The van der Waals surface area contributed by atoms with Crippen molar-refractivity contribution >= 4 is 28.9 Å². The molecule has 0 radical (unpaired) electrons. The van der Waals surface area contributed by atoms with Gasteiger partial charge >= 0.3 is 5.97 Å². The van der Waals surface area contributed by atoms with Gasteiger partial charge in [-0.25, -0.2) is 9.78 Å². The Morgan fingerprint density at radius 3 is 2.70 bits per heavy atom. The second-order valence-electron chi connectivity index (χ2n) is 6.97. The summed E-state index contributed by atoms with van der Waals surface area (Å²) < 4.78 is 10.8. The van der Waals surface area contributed by atoms with Crippen molar-refractivity contribution in [1.82, 2.24) is 4.98 Å². The number of rotatable bonds is 6. The summed E-state index contributed by atoms with van der Waals surface area (Å²) in [5.41, 5.74) is 2.86. The Kier molecular flexibility index (Phi) is 6.09. The number of ether oxygens (including phenoxy) is 2. The standard InChI is InChI=1S/C23H22N2O4S/c1-28-20-7-3-2-6-19(20)22-24-17(15-30-22)14-29-23(27)16-9-11-18(12-10-16)25-13-5-4-8-21(25)26/h2-3,6-7,9-12,15H,4-5,8,13-14H2,1H3. The molecule has 1 amide bonds. The molecular formula is C23H22N2O4S. The number of nitrogens with zero attached hydrogens (tertiary/aromatic N) is 2. The monoisotopic (exact) mass is 422 g/mol. The second kappa shape index (κ2) is 9.09. The molecule has 1 aliphatic rings. The number of hydrogen-bond acceptors (Lipinski definition) is 6. The number of benzene rings is 2. The zero-order valence-corrected chi connectivity index (χ0v) is 17.5. The quantitative estimate of drug-likeness (QED) is 0.539. The molecule has 6 nitrogen and oxygen atoms in total. The van der Waals surface area contributed by atoms with E-state index < -0.39 is 5.97 Å². The number of hydrogen-bond donors (Lipinski definition) is 0.